The summed E-state index contributed by atoms with van der Waals surface area (Å²) in [7, 11) is -3.55. The lowest BCUT2D eigenvalue weighted by Gasteiger charge is -2.13. The van der Waals surface area contributed by atoms with E-state index in [1.54, 1.807) is 17.4 Å². The first-order valence-electron chi connectivity index (χ1n) is 7.61. The molecule has 1 N–H and O–H groups in total. The monoisotopic (exact) mass is 378 g/mol. The molecule has 7 heteroatoms. The van der Waals surface area contributed by atoms with Gasteiger partial charge in [0, 0.05) is 11.4 Å². The second-order valence-electron chi connectivity index (χ2n) is 5.37. The Hall–Kier alpha value is -1.54. The average Bonchev–Trinajstić information content (AvgIpc) is 3.24. The first-order chi connectivity index (χ1) is 11.5. The van der Waals surface area contributed by atoms with E-state index in [1.165, 1.54) is 11.3 Å². The average molecular weight is 379 g/mol. The lowest BCUT2D eigenvalue weighted by molar-refractivity contribution is 0.569. The number of aryl methyl sites for hydroxylation is 1. The third-order valence-electron chi connectivity index (χ3n) is 3.60. The van der Waals surface area contributed by atoms with Crippen LogP contribution < -0.4 is 4.72 Å². The van der Waals surface area contributed by atoms with Gasteiger partial charge in [-0.05, 0) is 31.0 Å². The number of hydrogen-bond acceptors (Lipinski definition) is 5. The highest BCUT2D eigenvalue weighted by Gasteiger charge is 2.21. The van der Waals surface area contributed by atoms with Crippen LogP contribution >= 0.6 is 22.7 Å². The van der Waals surface area contributed by atoms with Crippen molar-refractivity contribution in [2.45, 2.75) is 30.5 Å². The van der Waals surface area contributed by atoms with Crippen molar-refractivity contribution in [3.05, 3.63) is 59.1 Å². The molecule has 0 aliphatic heterocycles. The lowest BCUT2D eigenvalue weighted by atomic mass is 10.1. The zero-order valence-electron chi connectivity index (χ0n) is 13.4. The second-order valence-corrected chi connectivity index (χ2v) is 9.25. The van der Waals surface area contributed by atoms with Crippen molar-refractivity contribution < 1.29 is 8.42 Å². The molecule has 1 aromatic carbocycles. The molecule has 24 heavy (non-hydrogen) atoms. The molecule has 3 aromatic rings. The molecule has 0 fully saturated rings. The van der Waals surface area contributed by atoms with Gasteiger partial charge in [-0.15, -0.1) is 22.7 Å². The number of rotatable bonds is 6. The summed E-state index contributed by atoms with van der Waals surface area (Å²) in [6.45, 7) is 3.90. The molecular formula is C17H18N2O2S3. The summed E-state index contributed by atoms with van der Waals surface area (Å²) in [5.74, 6) is 0. The minimum atomic E-state index is -3.55. The summed E-state index contributed by atoms with van der Waals surface area (Å²) in [6, 6.07) is 12.7. The van der Waals surface area contributed by atoms with Crippen LogP contribution in [0.2, 0.25) is 0 Å². The molecule has 126 valence electrons. The highest BCUT2D eigenvalue weighted by Crippen LogP contribution is 2.33. The number of thiophene rings is 1. The molecule has 0 bridgehead atoms. The predicted octanol–water partition coefficient (Wildman–Crippen LogP) is 4.47. The van der Waals surface area contributed by atoms with E-state index in [-0.39, 0.29) is 6.04 Å². The number of thiazole rings is 1. The van der Waals surface area contributed by atoms with Crippen molar-refractivity contribution in [2.24, 2.45) is 0 Å². The van der Waals surface area contributed by atoms with E-state index < -0.39 is 10.0 Å². The van der Waals surface area contributed by atoms with Gasteiger partial charge in [0.2, 0.25) is 0 Å². The number of hydrogen-bond donors (Lipinski definition) is 1. The Labute approximate surface area is 150 Å². The predicted molar refractivity (Wildman–Crippen MR) is 100.0 cm³/mol. The van der Waals surface area contributed by atoms with Gasteiger partial charge in [0.1, 0.15) is 9.22 Å². The molecule has 2 aromatic heterocycles. The molecule has 0 saturated heterocycles. The molecule has 0 spiro atoms. The van der Waals surface area contributed by atoms with Gasteiger partial charge in [-0.1, -0.05) is 37.3 Å². The molecule has 0 aliphatic carbocycles. The Balaban J connectivity index is 1.80. The summed E-state index contributed by atoms with van der Waals surface area (Å²) in [4.78, 5) is 5.40. The largest absolute Gasteiger partial charge is 0.250 e. The molecule has 0 saturated carbocycles. The smallest absolute Gasteiger partial charge is 0.240 e. The van der Waals surface area contributed by atoms with Crippen LogP contribution in [0.25, 0.3) is 9.88 Å². The third-order valence-corrected chi connectivity index (χ3v) is 7.78. The van der Waals surface area contributed by atoms with Gasteiger partial charge < -0.3 is 0 Å². The fraction of sp³-hybridized carbons (Fsp3) is 0.235. The highest BCUT2D eigenvalue weighted by molar-refractivity contribution is 7.91. The van der Waals surface area contributed by atoms with Crippen molar-refractivity contribution >= 4 is 32.7 Å². The van der Waals surface area contributed by atoms with Crippen molar-refractivity contribution in [2.75, 3.05) is 0 Å². The fourth-order valence-corrected chi connectivity index (χ4v) is 5.79. The van der Waals surface area contributed by atoms with Gasteiger partial charge in [0.25, 0.3) is 10.0 Å². The Morgan fingerprint density at radius 2 is 1.92 bits per heavy atom. The fourth-order valence-electron chi connectivity index (χ4n) is 2.26. The van der Waals surface area contributed by atoms with Crippen molar-refractivity contribution in [3.63, 3.8) is 0 Å². The van der Waals surface area contributed by atoms with E-state index in [4.69, 9.17) is 0 Å². The first-order valence-corrected chi connectivity index (χ1v) is 10.8. The Bertz CT molecular complexity index is 914. The van der Waals surface area contributed by atoms with E-state index in [2.05, 4.69) is 16.6 Å². The highest BCUT2D eigenvalue weighted by atomic mass is 32.2. The van der Waals surface area contributed by atoms with Crippen LogP contribution in [0.5, 0.6) is 0 Å². The Kier molecular flexibility index (Phi) is 5.15. The number of benzene rings is 1. The van der Waals surface area contributed by atoms with Crippen LogP contribution in [0.3, 0.4) is 0 Å². The van der Waals surface area contributed by atoms with Crippen LogP contribution in [-0.2, 0) is 16.4 Å². The quantitative estimate of drug-likeness (QED) is 0.688. The second kappa shape index (κ2) is 7.14. The van der Waals surface area contributed by atoms with Gasteiger partial charge in [0.05, 0.1) is 10.6 Å². The Morgan fingerprint density at radius 3 is 2.58 bits per heavy atom. The Morgan fingerprint density at radius 1 is 1.17 bits per heavy atom. The van der Waals surface area contributed by atoms with Gasteiger partial charge in [0.15, 0.2) is 0 Å². The van der Waals surface area contributed by atoms with Gasteiger partial charge in [-0.25, -0.2) is 18.1 Å². The molecular weight excluding hydrogens is 360 g/mol. The van der Waals surface area contributed by atoms with Crippen LogP contribution in [0.4, 0.5) is 0 Å². The summed E-state index contributed by atoms with van der Waals surface area (Å²) >= 11 is 2.80. The van der Waals surface area contributed by atoms with Crippen LogP contribution in [0, 0.1) is 0 Å². The molecule has 0 aliphatic rings. The number of nitrogens with zero attached hydrogens (tertiary/aromatic N) is 1. The number of aromatic nitrogens is 1. The summed E-state index contributed by atoms with van der Waals surface area (Å²) < 4.78 is 28.3. The maximum atomic E-state index is 12.6. The van der Waals surface area contributed by atoms with Crippen molar-refractivity contribution in [1.29, 1.82) is 0 Å². The molecule has 0 radical (unpaired) electrons. The standard InChI is InChI=1S/C17H18N2O2S3/c1-3-14-11-22-17(18-14)15-9-10-16(23-15)24(20,21)19-12(2)13-7-5-4-6-8-13/h4-12,19H,3H2,1-2H3. The van der Waals surface area contributed by atoms with Crippen molar-refractivity contribution in [1.82, 2.24) is 9.71 Å². The first kappa shape index (κ1) is 17.3. The van der Waals surface area contributed by atoms with Crippen molar-refractivity contribution in [3.8, 4) is 9.88 Å². The maximum Gasteiger partial charge on any atom is 0.250 e. The third kappa shape index (κ3) is 3.75. The maximum absolute atomic E-state index is 12.6. The van der Waals surface area contributed by atoms with E-state index in [9.17, 15) is 8.42 Å². The zero-order chi connectivity index (χ0) is 17.2. The molecule has 4 nitrogen and oxygen atoms in total. The normalized spacial score (nSPS) is 13.1. The zero-order valence-corrected chi connectivity index (χ0v) is 15.8. The summed E-state index contributed by atoms with van der Waals surface area (Å²) in [6.07, 6.45) is 0.878. The van der Waals surface area contributed by atoms with Crippen LogP contribution in [0.1, 0.15) is 31.1 Å². The molecule has 1 atom stereocenters. The number of sulfonamides is 1. The van der Waals surface area contributed by atoms with E-state index in [1.807, 2.05) is 48.7 Å². The lowest BCUT2D eigenvalue weighted by Crippen LogP contribution is -2.26. The van der Waals surface area contributed by atoms with Crippen LogP contribution in [0.15, 0.2) is 52.1 Å². The van der Waals surface area contributed by atoms with Crippen LogP contribution in [-0.4, -0.2) is 13.4 Å². The van der Waals surface area contributed by atoms with E-state index in [0.717, 1.165) is 27.6 Å². The van der Waals surface area contributed by atoms with E-state index in [0.29, 0.717) is 4.21 Å². The minimum absolute atomic E-state index is 0.284. The summed E-state index contributed by atoms with van der Waals surface area (Å²) in [5, 5.41) is 2.88. The SMILES string of the molecule is CCc1csc(-c2ccc(S(=O)(=O)NC(C)c3ccccc3)s2)n1. The minimum Gasteiger partial charge on any atom is -0.240 e. The molecule has 0 amide bonds. The van der Waals surface area contributed by atoms with Gasteiger partial charge >= 0.3 is 0 Å². The number of nitrogens with one attached hydrogen (secondary N) is 1. The molecule has 2 heterocycles. The van der Waals surface area contributed by atoms with Gasteiger partial charge in [-0.3, -0.25) is 0 Å². The van der Waals surface area contributed by atoms with Gasteiger partial charge in [-0.2, -0.15) is 0 Å². The summed E-state index contributed by atoms with van der Waals surface area (Å²) in [5.41, 5.74) is 1.97. The van der Waals surface area contributed by atoms with E-state index >= 15 is 0 Å². The molecule has 1 unspecified atom stereocenters. The molecule has 3 rings (SSSR count). The topological polar surface area (TPSA) is 59.1 Å².